The highest BCUT2D eigenvalue weighted by Gasteiger charge is 2.17. The van der Waals surface area contributed by atoms with Crippen LogP contribution in [0.3, 0.4) is 0 Å². The van der Waals surface area contributed by atoms with Crippen molar-refractivity contribution in [1.82, 2.24) is 0 Å². The second-order valence-electron chi connectivity index (χ2n) is 2.53. The van der Waals surface area contributed by atoms with Crippen LogP contribution in [0.15, 0.2) is 12.2 Å². The summed E-state index contributed by atoms with van der Waals surface area (Å²) in [5.41, 5.74) is 0. The molecule has 0 N–H and O–H groups in total. The summed E-state index contributed by atoms with van der Waals surface area (Å²) < 4.78 is 4.90. The third kappa shape index (κ3) is 1.67. The van der Waals surface area contributed by atoms with E-state index in [2.05, 4.69) is 0 Å². The quantitative estimate of drug-likeness (QED) is 0.575. The minimum Gasteiger partial charge on any atom is -0.384 e. The van der Waals surface area contributed by atoms with Crippen molar-refractivity contribution in [2.75, 3.05) is 13.7 Å². The fourth-order valence-electron chi connectivity index (χ4n) is 1.14. The number of carbonyl (C=O) groups excluding carboxylic acids is 1. The molecule has 56 valence electrons. The average molecular weight is 140 g/mol. The molecule has 0 aliphatic heterocycles. The normalized spacial score (nSPS) is 25.3. The minimum atomic E-state index is 0.120. The van der Waals surface area contributed by atoms with Gasteiger partial charge >= 0.3 is 0 Å². The Balaban J connectivity index is 2.44. The highest BCUT2D eigenvalue weighted by Crippen LogP contribution is 2.14. The first kappa shape index (κ1) is 7.48. The molecule has 0 bridgehead atoms. The summed E-state index contributed by atoms with van der Waals surface area (Å²) in [6, 6.07) is 0. The van der Waals surface area contributed by atoms with E-state index in [9.17, 15) is 4.79 Å². The molecule has 1 aliphatic rings. The van der Waals surface area contributed by atoms with Gasteiger partial charge in [-0.3, -0.25) is 4.79 Å². The van der Waals surface area contributed by atoms with Gasteiger partial charge in [-0.1, -0.05) is 6.08 Å². The predicted octanol–water partition coefficient (Wildman–Crippen LogP) is 1.17. The number of rotatable bonds is 2. The van der Waals surface area contributed by atoms with Crippen molar-refractivity contribution in [3.8, 4) is 0 Å². The van der Waals surface area contributed by atoms with Crippen LogP contribution in [0.2, 0.25) is 0 Å². The van der Waals surface area contributed by atoms with Gasteiger partial charge in [0.05, 0.1) is 6.61 Å². The molecule has 0 radical (unpaired) electrons. The molecule has 0 aromatic carbocycles. The summed E-state index contributed by atoms with van der Waals surface area (Å²) in [6.45, 7) is 0.573. The molecule has 1 aliphatic carbocycles. The van der Waals surface area contributed by atoms with Gasteiger partial charge in [0.15, 0.2) is 5.78 Å². The lowest BCUT2D eigenvalue weighted by Crippen LogP contribution is -2.19. The SMILES string of the molecule is COCC1CCC=CC1=O. The Morgan fingerprint density at radius 1 is 1.80 bits per heavy atom. The highest BCUT2D eigenvalue weighted by atomic mass is 16.5. The Kier molecular flexibility index (Phi) is 2.63. The number of allylic oxidation sites excluding steroid dienone is 2. The molecular formula is C8H12O2. The minimum absolute atomic E-state index is 0.120. The summed E-state index contributed by atoms with van der Waals surface area (Å²) in [5.74, 6) is 0.336. The van der Waals surface area contributed by atoms with E-state index in [0.717, 1.165) is 12.8 Å². The number of carbonyl (C=O) groups is 1. The average Bonchev–Trinajstić information content (AvgIpc) is 1.94. The molecule has 10 heavy (non-hydrogen) atoms. The summed E-state index contributed by atoms with van der Waals surface area (Å²) in [5, 5.41) is 0. The van der Waals surface area contributed by atoms with Gasteiger partial charge in [0.2, 0.25) is 0 Å². The summed E-state index contributed by atoms with van der Waals surface area (Å²) >= 11 is 0. The fraction of sp³-hybridized carbons (Fsp3) is 0.625. The molecule has 0 heterocycles. The van der Waals surface area contributed by atoms with Crippen LogP contribution < -0.4 is 0 Å². The lowest BCUT2D eigenvalue weighted by molar-refractivity contribution is -0.120. The Labute approximate surface area is 60.9 Å². The molecule has 0 saturated heterocycles. The fourth-order valence-corrected chi connectivity index (χ4v) is 1.14. The first-order chi connectivity index (χ1) is 4.84. The van der Waals surface area contributed by atoms with Gasteiger partial charge in [0, 0.05) is 13.0 Å². The zero-order valence-corrected chi connectivity index (χ0v) is 6.17. The van der Waals surface area contributed by atoms with E-state index in [1.807, 2.05) is 6.08 Å². The first-order valence-corrected chi connectivity index (χ1v) is 3.54. The largest absolute Gasteiger partial charge is 0.384 e. The lowest BCUT2D eigenvalue weighted by Gasteiger charge is -2.14. The van der Waals surface area contributed by atoms with Crippen LogP contribution in [0.1, 0.15) is 12.8 Å². The van der Waals surface area contributed by atoms with Crippen LogP contribution >= 0.6 is 0 Å². The lowest BCUT2D eigenvalue weighted by atomic mass is 9.94. The van der Waals surface area contributed by atoms with Crippen molar-refractivity contribution >= 4 is 5.78 Å². The summed E-state index contributed by atoms with van der Waals surface area (Å²) in [4.78, 5) is 11.0. The molecule has 0 saturated carbocycles. The second-order valence-corrected chi connectivity index (χ2v) is 2.53. The molecule has 0 spiro atoms. The second kappa shape index (κ2) is 3.52. The van der Waals surface area contributed by atoms with E-state index in [4.69, 9.17) is 4.74 Å². The van der Waals surface area contributed by atoms with E-state index in [1.165, 1.54) is 0 Å². The molecule has 0 aromatic heterocycles. The van der Waals surface area contributed by atoms with Crippen molar-refractivity contribution in [3.05, 3.63) is 12.2 Å². The standard InChI is InChI=1S/C8H12O2/c1-10-6-7-4-2-3-5-8(7)9/h3,5,7H,2,4,6H2,1H3. The molecule has 2 nitrogen and oxygen atoms in total. The first-order valence-electron chi connectivity index (χ1n) is 3.54. The van der Waals surface area contributed by atoms with Crippen LogP contribution in [0.25, 0.3) is 0 Å². The van der Waals surface area contributed by atoms with E-state index in [1.54, 1.807) is 13.2 Å². The smallest absolute Gasteiger partial charge is 0.160 e. The third-order valence-corrected chi connectivity index (χ3v) is 1.73. The Morgan fingerprint density at radius 3 is 3.20 bits per heavy atom. The summed E-state index contributed by atoms with van der Waals surface area (Å²) in [7, 11) is 1.63. The van der Waals surface area contributed by atoms with Crippen molar-refractivity contribution in [3.63, 3.8) is 0 Å². The van der Waals surface area contributed by atoms with Gasteiger partial charge in [-0.2, -0.15) is 0 Å². The number of hydrogen-bond acceptors (Lipinski definition) is 2. The number of ether oxygens (including phenoxy) is 1. The van der Waals surface area contributed by atoms with E-state index < -0.39 is 0 Å². The van der Waals surface area contributed by atoms with Crippen LogP contribution in [-0.2, 0) is 9.53 Å². The molecule has 1 rings (SSSR count). The van der Waals surface area contributed by atoms with E-state index in [-0.39, 0.29) is 11.7 Å². The van der Waals surface area contributed by atoms with Crippen LogP contribution in [0.5, 0.6) is 0 Å². The molecule has 2 heteroatoms. The highest BCUT2D eigenvalue weighted by molar-refractivity contribution is 5.92. The maximum Gasteiger partial charge on any atom is 0.160 e. The van der Waals surface area contributed by atoms with Gasteiger partial charge in [-0.15, -0.1) is 0 Å². The summed E-state index contributed by atoms with van der Waals surface area (Å²) in [6.07, 6.45) is 5.55. The van der Waals surface area contributed by atoms with Crippen molar-refractivity contribution < 1.29 is 9.53 Å². The maximum absolute atomic E-state index is 11.0. The predicted molar refractivity (Wildman–Crippen MR) is 38.7 cm³/mol. The van der Waals surface area contributed by atoms with Gasteiger partial charge < -0.3 is 4.74 Å². The molecule has 1 unspecified atom stereocenters. The Hall–Kier alpha value is -0.630. The molecule has 0 fully saturated rings. The van der Waals surface area contributed by atoms with E-state index >= 15 is 0 Å². The third-order valence-electron chi connectivity index (χ3n) is 1.73. The van der Waals surface area contributed by atoms with Gasteiger partial charge in [0.1, 0.15) is 0 Å². The number of hydrogen-bond donors (Lipinski definition) is 0. The monoisotopic (exact) mass is 140 g/mol. The van der Waals surface area contributed by atoms with Crippen molar-refractivity contribution in [2.24, 2.45) is 5.92 Å². The Bertz CT molecular complexity index is 149. The van der Waals surface area contributed by atoms with Crippen LogP contribution in [-0.4, -0.2) is 19.5 Å². The maximum atomic E-state index is 11.0. The number of methoxy groups -OCH3 is 1. The number of ketones is 1. The van der Waals surface area contributed by atoms with Gasteiger partial charge in [0.25, 0.3) is 0 Å². The van der Waals surface area contributed by atoms with Gasteiger partial charge in [-0.05, 0) is 18.9 Å². The zero-order valence-electron chi connectivity index (χ0n) is 6.17. The van der Waals surface area contributed by atoms with E-state index in [0.29, 0.717) is 6.61 Å². The van der Waals surface area contributed by atoms with Crippen molar-refractivity contribution in [1.29, 1.82) is 0 Å². The zero-order chi connectivity index (χ0) is 7.40. The molecule has 0 aromatic rings. The van der Waals surface area contributed by atoms with Crippen LogP contribution in [0.4, 0.5) is 0 Å². The molecule has 1 atom stereocenters. The Morgan fingerprint density at radius 2 is 2.60 bits per heavy atom. The topological polar surface area (TPSA) is 26.3 Å². The van der Waals surface area contributed by atoms with Crippen LogP contribution in [0, 0.1) is 5.92 Å². The molecule has 0 amide bonds. The van der Waals surface area contributed by atoms with Gasteiger partial charge in [-0.25, -0.2) is 0 Å². The molecular weight excluding hydrogens is 128 g/mol. The van der Waals surface area contributed by atoms with Crippen molar-refractivity contribution in [2.45, 2.75) is 12.8 Å².